The maximum Gasteiger partial charge on any atom is 0.416 e. The number of fused-ring (bicyclic) bond motifs is 2. The van der Waals surface area contributed by atoms with Crippen molar-refractivity contribution in [1.29, 1.82) is 0 Å². The second kappa shape index (κ2) is 5.61. The van der Waals surface area contributed by atoms with Crippen molar-refractivity contribution in [3.63, 3.8) is 0 Å². The van der Waals surface area contributed by atoms with E-state index < -0.39 is 11.7 Å². The normalized spacial score (nSPS) is 30.4. The lowest BCUT2D eigenvalue weighted by molar-refractivity contribution is -0.137. The Kier molecular flexibility index (Phi) is 3.97. The minimum absolute atomic E-state index is 0.0874. The number of halogens is 3. The van der Waals surface area contributed by atoms with Gasteiger partial charge in [-0.15, -0.1) is 0 Å². The molecule has 2 saturated heterocycles. The summed E-state index contributed by atoms with van der Waals surface area (Å²) in [4.78, 5) is 2.49. The van der Waals surface area contributed by atoms with E-state index in [2.05, 4.69) is 10.2 Å². The Morgan fingerprint density at radius 2 is 1.81 bits per heavy atom. The minimum Gasteiger partial charge on any atom is -0.307 e. The predicted molar refractivity (Wildman–Crippen MR) is 75.9 cm³/mol. The van der Waals surface area contributed by atoms with Gasteiger partial charge in [0.15, 0.2) is 0 Å². The van der Waals surface area contributed by atoms with Crippen molar-refractivity contribution < 1.29 is 13.2 Å². The third-order valence-electron chi connectivity index (χ3n) is 4.84. The molecule has 2 bridgehead atoms. The maximum atomic E-state index is 12.6. The number of piperidine rings is 1. The van der Waals surface area contributed by atoms with Crippen molar-refractivity contribution in [2.45, 2.75) is 38.0 Å². The van der Waals surface area contributed by atoms with Gasteiger partial charge in [0.05, 0.1) is 5.56 Å². The fourth-order valence-electron chi connectivity index (χ4n) is 3.55. The van der Waals surface area contributed by atoms with Crippen molar-refractivity contribution in [1.82, 2.24) is 10.2 Å². The Labute approximate surface area is 123 Å². The van der Waals surface area contributed by atoms with Gasteiger partial charge in [0.25, 0.3) is 0 Å². The van der Waals surface area contributed by atoms with E-state index in [0.717, 1.165) is 25.1 Å². The lowest BCUT2D eigenvalue weighted by Crippen LogP contribution is -2.44. The van der Waals surface area contributed by atoms with Crippen LogP contribution >= 0.6 is 0 Å². The van der Waals surface area contributed by atoms with Crippen LogP contribution in [0.2, 0.25) is 0 Å². The monoisotopic (exact) mass is 298 g/mol. The van der Waals surface area contributed by atoms with E-state index >= 15 is 0 Å². The van der Waals surface area contributed by atoms with Crippen molar-refractivity contribution in [3.8, 4) is 0 Å². The molecule has 2 heterocycles. The van der Waals surface area contributed by atoms with Crippen LogP contribution in [-0.4, -0.2) is 30.6 Å². The van der Waals surface area contributed by atoms with Gasteiger partial charge in [0, 0.05) is 18.6 Å². The molecule has 0 aliphatic carbocycles. The van der Waals surface area contributed by atoms with Gasteiger partial charge in [0.1, 0.15) is 0 Å². The zero-order valence-corrected chi connectivity index (χ0v) is 12.2. The Bertz CT molecular complexity index is 483. The molecule has 2 nitrogen and oxygen atoms in total. The molecular formula is C16H21F3N2. The van der Waals surface area contributed by atoms with E-state index in [4.69, 9.17) is 0 Å². The van der Waals surface area contributed by atoms with E-state index in [1.54, 1.807) is 12.1 Å². The first-order valence-corrected chi connectivity index (χ1v) is 7.59. The summed E-state index contributed by atoms with van der Waals surface area (Å²) in [6.07, 6.45) is -1.89. The highest BCUT2D eigenvalue weighted by Crippen LogP contribution is 2.31. The Balaban J connectivity index is 1.64. The van der Waals surface area contributed by atoms with Gasteiger partial charge in [-0.2, -0.15) is 13.2 Å². The molecular weight excluding hydrogens is 277 g/mol. The molecule has 1 aromatic carbocycles. The number of nitrogens with one attached hydrogen (secondary N) is 1. The number of rotatable bonds is 3. The second-order valence-electron chi connectivity index (χ2n) is 6.25. The Morgan fingerprint density at radius 1 is 1.14 bits per heavy atom. The topological polar surface area (TPSA) is 15.3 Å². The molecule has 3 rings (SSSR count). The summed E-state index contributed by atoms with van der Waals surface area (Å²) in [7, 11) is 0. The van der Waals surface area contributed by atoms with Crippen molar-refractivity contribution in [2.24, 2.45) is 5.92 Å². The van der Waals surface area contributed by atoms with Crippen molar-refractivity contribution >= 4 is 0 Å². The summed E-state index contributed by atoms with van der Waals surface area (Å²) in [6, 6.07) is 6.09. The average molecular weight is 298 g/mol. The maximum absolute atomic E-state index is 12.6. The average Bonchev–Trinajstić information content (AvgIpc) is 2.84. The van der Waals surface area contributed by atoms with Gasteiger partial charge in [-0.25, -0.2) is 0 Å². The third kappa shape index (κ3) is 3.24. The fraction of sp³-hybridized carbons (Fsp3) is 0.625. The summed E-state index contributed by atoms with van der Waals surface area (Å²) in [5, 5.41) is 3.61. The van der Waals surface area contributed by atoms with Crippen LogP contribution in [0.1, 0.15) is 36.9 Å². The quantitative estimate of drug-likeness (QED) is 0.919. The highest BCUT2D eigenvalue weighted by atomic mass is 19.4. The molecule has 0 amide bonds. The summed E-state index contributed by atoms with van der Waals surface area (Å²) in [5.41, 5.74) is 0.339. The number of benzene rings is 1. The molecule has 21 heavy (non-hydrogen) atoms. The highest BCUT2D eigenvalue weighted by molar-refractivity contribution is 5.26. The molecule has 1 aromatic rings. The SMILES string of the molecule is CC(NC1CCN2CCC1C2)c1ccc(C(F)(F)F)cc1. The van der Waals surface area contributed by atoms with Gasteiger partial charge in [-0.1, -0.05) is 12.1 Å². The molecule has 0 spiro atoms. The van der Waals surface area contributed by atoms with Gasteiger partial charge in [-0.05, 0) is 56.5 Å². The van der Waals surface area contributed by atoms with Crippen LogP contribution in [0.5, 0.6) is 0 Å². The van der Waals surface area contributed by atoms with Crippen LogP contribution < -0.4 is 5.32 Å². The summed E-state index contributed by atoms with van der Waals surface area (Å²) in [5.74, 6) is 0.690. The van der Waals surface area contributed by atoms with Crippen LogP contribution in [0.15, 0.2) is 24.3 Å². The number of nitrogens with zero attached hydrogens (tertiary/aromatic N) is 1. The molecule has 0 saturated carbocycles. The summed E-state index contributed by atoms with van der Waals surface area (Å²) < 4.78 is 37.7. The second-order valence-corrected chi connectivity index (χ2v) is 6.25. The highest BCUT2D eigenvalue weighted by Gasteiger charge is 2.35. The standard InChI is InChI=1S/C16H21F3N2/c1-11(12-2-4-14(5-3-12)16(17,18)19)20-15-7-9-21-8-6-13(15)10-21/h2-5,11,13,15,20H,6-10H2,1H3. The largest absolute Gasteiger partial charge is 0.416 e. The first-order valence-electron chi connectivity index (χ1n) is 7.59. The Morgan fingerprint density at radius 3 is 2.48 bits per heavy atom. The van der Waals surface area contributed by atoms with E-state index in [0.29, 0.717) is 12.0 Å². The van der Waals surface area contributed by atoms with E-state index in [9.17, 15) is 13.2 Å². The predicted octanol–water partition coefficient (Wildman–Crippen LogP) is 3.45. The van der Waals surface area contributed by atoms with Crippen LogP contribution in [-0.2, 0) is 6.18 Å². The first-order chi connectivity index (χ1) is 9.93. The molecule has 2 aliphatic heterocycles. The molecule has 5 heteroatoms. The lowest BCUT2D eigenvalue weighted by atomic mass is 9.92. The molecule has 0 radical (unpaired) electrons. The lowest BCUT2D eigenvalue weighted by Gasteiger charge is -2.33. The fourth-order valence-corrected chi connectivity index (χ4v) is 3.55. The van der Waals surface area contributed by atoms with E-state index in [1.165, 1.54) is 25.1 Å². The smallest absolute Gasteiger partial charge is 0.307 e. The molecule has 0 aromatic heterocycles. The third-order valence-corrected chi connectivity index (χ3v) is 4.84. The molecule has 4 atom stereocenters. The zero-order valence-electron chi connectivity index (χ0n) is 12.2. The zero-order chi connectivity index (χ0) is 15.0. The first kappa shape index (κ1) is 14.9. The van der Waals surface area contributed by atoms with Crippen molar-refractivity contribution in [2.75, 3.05) is 19.6 Å². The van der Waals surface area contributed by atoms with E-state index in [1.807, 2.05) is 6.92 Å². The number of alkyl halides is 3. The van der Waals surface area contributed by atoms with Crippen LogP contribution in [0, 0.1) is 5.92 Å². The molecule has 2 aliphatic rings. The van der Waals surface area contributed by atoms with Crippen LogP contribution in [0.4, 0.5) is 13.2 Å². The summed E-state index contributed by atoms with van der Waals surface area (Å²) >= 11 is 0. The number of hydrogen-bond donors (Lipinski definition) is 1. The summed E-state index contributed by atoms with van der Waals surface area (Å²) in [6.45, 7) is 5.52. The molecule has 1 N–H and O–H groups in total. The molecule has 2 fully saturated rings. The Hall–Kier alpha value is -1.07. The van der Waals surface area contributed by atoms with Crippen molar-refractivity contribution in [3.05, 3.63) is 35.4 Å². The van der Waals surface area contributed by atoms with Gasteiger partial charge >= 0.3 is 6.18 Å². The van der Waals surface area contributed by atoms with Gasteiger partial charge in [-0.3, -0.25) is 0 Å². The van der Waals surface area contributed by atoms with Crippen LogP contribution in [0.25, 0.3) is 0 Å². The molecule has 116 valence electrons. The molecule has 4 unspecified atom stereocenters. The number of hydrogen-bond acceptors (Lipinski definition) is 2. The van der Waals surface area contributed by atoms with Gasteiger partial charge < -0.3 is 10.2 Å². The van der Waals surface area contributed by atoms with Gasteiger partial charge in [0.2, 0.25) is 0 Å². The minimum atomic E-state index is -4.26. The van der Waals surface area contributed by atoms with E-state index in [-0.39, 0.29) is 6.04 Å². The van der Waals surface area contributed by atoms with Crippen LogP contribution in [0.3, 0.4) is 0 Å².